The number of hydrogen-bond acceptors (Lipinski definition) is 4. The lowest BCUT2D eigenvalue weighted by molar-refractivity contribution is -0.122. The highest BCUT2D eigenvalue weighted by atomic mass is 32.2. The Morgan fingerprint density at radius 2 is 2.17 bits per heavy atom. The van der Waals surface area contributed by atoms with Gasteiger partial charge in [0.05, 0.1) is 12.1 Å². The summed E-state index contributed by atoms with van der Waals surface area (Å²) in [5, 5.41) is 8.46. The van der Waals surface area contributed by atoms with Crippen LogP contribution >= 0.6 is 11.8 Å². The number of carbonyl (C=O) groups is 1. The summed E-state index contributed by atoms with van der Waals surface area (Å²) in [5.74, 6) is 0.942. The van der Waals surface area contributed by atoms with Crippen molar-refractivity contribution in [3.05, 3.63) is 0 Å². The summed E-state index contributed by atoms with van der Waals surface area (Å²) in [6.07, 6.45) is 0.549. The van der Waals surface area contributed by atoms with Gasteiger partial charge in [0.15, 0.2) is 0 Å². The van der Waals surface area contributed by atoms with Gasteiger partial charge in [-0.2, -0.15) is 11.8 Å². The molecule has 12 heavy (non-hydrogen) atoms. The summed E-state index contributed by atoms with van der Waals surface area (Å²) >= 11 is 1.56. The van der Waals surface area contributed by atoms with Gasteiger partial charge in [0.2, 0.25) is 5.91 Å². The highest BCUT2D eigenvalue weighted by molar-refractivity contribution is 7.99. The van der Waals surface area contributed by atoms with Crippen LogP contribution in [0.25, 0.3) is 0 Å². The maximum Gasteiger partial charge on any atom is 0.237 e. The fourth-order valence-corrected chi connectivity index (χ4v) is 1.48. The summed E-state index contributed by atoms with van der Waals surface area (Å²) in [7, 11) is 0. The van der Waals surface area contributed by atoms with Crippen molar-refractivity contribution in [3.63, 3.8) is 0 Å². The first-order chi connectivity index (χ1) is 5.50. The van der Waals surface area contributed by atoms with Crippen molar-refractivity contribution in [1.82, 2.24) is 0 Å². The Morgan fingerprint density at radius 3 is 2.58 bits per heavy atom. The van der Waals surface area contributed by atoms with Crippen molar-refractivity contribution < 1.29 is 9.90 Å². The Balaban J connectivity index is 3.54. The van der Waals surface area contributed by atoms with Crippen LogP contribution in [0.1, 0.15) is 13.3 Å². The Hall–Kier alpha value is -0.260. The minimum Gasteiger partial charge on any atom is -0.396 e. The third-order valence-electron chi connectivity index (χ3n) is 1.56. The SMILES string of the molecule is CC(N)(CCSCCO)C(N)=O. The summed E-state index contributed by atoms with van der Waals surface area (Å²) in [4.78, 5) is 10.7. The Labute approximate surface area is 76.7 Å². The average molecular weight is 192 g/mol. The predicted molar refractivity (Wildman–Crippen MR) is 50.8 cm³/mol. The number of nitrogens with two attached hydrogens (primary N) is 2. The van der Waals surface area contributed by atoms with Gasteiger partial charge >= 0.3 is 0 Å². The largest absolute Gasteiger partial charge is 0.396 e. The average Bonchev–Trinajstić information content (AvgIpc) is 1.98. The number of carbonyl (C=O) groups excluding carboxylic acids is 1. The van der Waals surface area contributed by atoms with Gasteiger partial charge < -0.3 is 16.6 Å². The van der Waals surface area contributed by atoms with Crippen LogP contribution < -0.4 is 11.5 Å². The first-order valence-corrected chi connectivity index (χ1v) is 4.93. The quantitative estimate of drug-likeness (QED) is 0.486. The second-order valence-corrected chi connectivity index (χ2v) is 4.09. The van der Waals surface area contributed by atoms with Crippen LogP contribution in [0.15, 0.2) is 0 Å². The second kappa shape index (κ2) is 5.40. The molecule has 0 aliphatic carbocycles. The zero-order valence-corrected chi connectivity index (χ0v) is 8.06. The van der Waals surface area contributed by atoms with Gasteiger partial charge in [0.1, 0.15) is 0 Å². The number of hydrogen-bond donors (Lipinski definition) is 3. The zero-order valence-electron chi connectivity index (χ0n) is 7.25. The van der Waals surface area contributed by atoms with Crippen molar-refractivity contribution in [1.29, 1.82) is 0 Å². The molecule has 0 aromatic rings. The van der Waals surface area contributed by atoms with E-state index < -0.39 is 11.4 Å². The van der Waals surface area contributed by atoms with E-state index in [2.05, 4.69) is 0 Å². The Kier molecular flexibility index (Phi) is 5.28. The van der Waals surface area contributed by atoms with Crippen molar-refractivity contribution in [3.8, 4) is 0 Å². The Morgan fingerprint density at radius 1 is 1.58 bits per heavy atom. The molecule has 5 heteroatoms. The normalized spacial score (nSPS) is 15.6. The van der Waals surface area contributed by atoms with Crippen LogP contribution in [0.2, 0.25) is 0 Å². The highest BCUT2D eigenvalue weighted by Crippen LogP contribution is 2.10. The van der Waals surface area contributed by atoms with Crippen molar-refractivity contribution in [2.45, 2.75) is 18.9 Å². The van der Waals surface area contributed by atoms with E-state index in [1.54, 1.807) is 18.7 Å². The van der Waals surface area contributed by atoms with E-state index in [9.17, 15) is 4.79 Å². The van der Waals surface area contributed by atoms with Crippen LogP contribution in [0, 0.1) is 0 Å². The molecule has 5 N–H and O–H groups in total. The van der Waals surface area contributed by atoms with E-state index in [-0.39, 0.29) is 6.61 Å². The second-order valence-electron chi connectivity index (χ2n) is 2.87. The molecule has 1 unspecified atom stereocenters. The van der Waals surface area contributed by atoms with Gasteiger partial charge in [0.25, 0.3) is 0 Å². The van der Waals surface area contributed by atoms with Gasteiger partial charge in [-0.15, -0.1) is 0 Å². The van der Waals surface area contributed by atoms with Crippen molar-refractivity contribution in [2.24, 2.45) is 11.5 Å². The molecular formula is C7H16N2O2S. The molecule has 0 heterocycles. The molecular weight excluding hydrogens is 176 g/mol. The highest BCUT2D eigenvalue weighted by Gasteiger charge is 2.24. The molecule has 0 saturated carbocycles. The summed E-state index contributed by atoms with van der Waals surface area (Å²) in [6.45, 7) is 1.78. The van der Waals surface area contributed by atoms with Crippen LogP contribution in [0.5, 0.6) is 0 Å². The lowest BCUT2D eigenvalue weighted by atomic mass is 10.0. The molecule has 0 rings (SSSR count). The monoisotopic (exact) mass is 192 g/mol. The maximum absolute atomic E-state index is 10.7. The molecule has 0 fully saturated rings. The van der Waals surface area contributed by atoms with E-state index in [0.29, 0.717) is 12.2 Å². The molecule has 0 saturated heterocycles. The summed E-state index contributed by atoms with van der Waals surface area (Å²) in [6, 6.07) is 0. The molecule has 4 nitrogen and oxygen atoms in total. The molecule has 0 aromatic carbocycles. The first kappa shape index (κ1) is 11.7. The molecule has 1 amide bonds. The fraction of sp³-hybridized carbons (Fsp3) is 0.857. The van der Waals surface area contributed by atoms with E-state index >= 15 is 0 Å². The van der Waals surface area contributed by atoms with E-state index in [4.69, 9.17) is 16.6 Å². The van der Waals surface area contributed by atoms with Gasteiger partial charge in [-0.25, -0.2) is 0 Å². The smallest absolute Gasteiger partial charge is 0.237 e. The molecule has 0 aliphatic rings. The van der Waals surface area contributed by atoms with Gasteiger partial charge in [-0.05, 0) is 19.1 Å². The minimum atomic E-state index is -0.914. The minimum absolute atomic E-state index is 0.155. The van der Waals surface area contributed by atoms with E-state index in [1.165, 1.54) is 0 Å². The molecule has 1 atom stereocenters. The number of primary amides is 1. The molecule has 0 bridgehead atoms. The number of aliphatic hydroxyl groups excluding tert-OH is 1. The standard InChI is InChI=1S/C7H16N2O2S/c1-7(9,6(8)11)2-4-12-5-3-10/h10H,2-5,9H2,1H3,(H2,8,11). The molecule has 0 aromatic heterocycles. The molecule has 72 valence electrons. The predicted octanol–water partition coefficient (Wildman–Crippen LogP) is -0.695. The zero-order chi connectivity index (χ0) is 9.61. The van der Waals surface area contributed by atoms with Crippen molar-refractivity contribution in [2.75, 3.05) is 18.1 Å². The Bertz CT molecular complexity index is 150. The van der Waals surface area contributed by atoms with E-state index in [0.717, 1.165) is 5.75 Å². The van der Waals surface area contributed by atoms with Gasteiger partial charge in [0, 0.05) is 5.75 Å². The number of amides is 1. The number of aliphatic hydroxyl groups is 1. The summed E-state index contributed by atoms with van der Waals surface area (Å²) in [5.41, 5.74) is 9.74. The van der Waals surface area contributed by atoms with Crippen LogP contribution in [-0.2, 0) is 4.79 Å². The van der Waals surface area contributed by atoms with Crippen LogP contribution in [0.4, 0.5) is 0 Å². The van der Waals surface area contributed by atoms with Gasteiger partial charge in [-0.1, -0.05) is 0 Å². The van der Waals surface area contributed by atoms with Crippen molar-refractivity contribution >= 4 is 17.7 Å². The lowest BCUT2D eigenvalue weighted by Gasteiger charge is -2.19. The molecule has 0 aliphatic heterocycles. The lowest BCUT2D eigenvalue weighted by Crippen LogP contribution is -2.49. The van der Waals surface area contributed by atoms with Crippen LogP contribution in [0.3, 0.4) is 0 Å². The molecule has 0 radical (unpaired) electrons. The van der Waals surface area contributed by atoms with Crippen LogP contribution in [-0.4, -0.2) is 34.7 Å². The third-order valence-corrected chi connectivity index (χ3v) is 2.53. The molecule has 0 spiro atoms. The third kappa shape index (κ3) is 4.58. The van der Waals surface area contributed by atoms with E-state index in [1.807, 2.05) is 0 Å². The number of thioether (sulfide) groups is 1. The topological polar surface area (TPSA) is 89.3 Å². The van der Waals surface area contributed by atoms with Gasteiger partial charge in [-0.3, -0.25) is 4.79 Å². The maximum atomic E-state index is 10.7. The number of rotatable bonds is 6. The fourth-order valence-electron chi connectivity index (χ4n) is 0.574. The first-order valence-electron chi connectivity index (χ1n) is 3.78. The summed E-state index contributed by atoms with van der Waals surface area (Å²) < 4.78 is 0.